The van der Waals surface area contributed by atoms with Gasteiger partial charge in [0.25, 0.3) is 0 Å². The molecule has 26 heavy (non-hydrogen) atoms. The van der Waals surface area contributed by atoms with Gasteiger partial charge in [-0.25, -0.2) is 0 Å². The topological polar surface area (TPSA) is 64.2 Å². The van der Waals surface area contributed by atoms with E-state index < -0.39 is 0 Å². The van der Waals surface area contributed by atoms with Gasteiger partial charge in [-0.05, 0) is 44.7 Å². The summed E-state index contributed by atoms with van der Waals surface area (Å²) in [6.07, 6.45) is 6.37. The minimum absolute atomic E-state index is 0.132. The highest BCUT2D eigenvalue weighted by Crippen LogP contribution is 2.40. The Morgan fingerprint density at radius 3 is 2.81 bits per heavy atom. The predicted molar refractivity (Wildman–Crippen MR) is 99.9 cm³/mol. The molecule has 2 saturated carbocycles. The Hall–Kier alpha value is -2.02. The summed E-state index contributed by atoms with van der Waals surface area (Å²) in [7, 11) is 0. The molecule has 0 spiro atoms. The van der Waals surface area contributed by atoms with Crippen molar-refractivity contribution < 1.29 is 9.21 Å². The third-order valence-corrected chi connectivity index (χ3v) is 5.71. The lowest BCUT2D eigenvalue weighted by Gasteiger charge is -2.21. The fourth-order valence-corrected chi connectivity index (χ4v) is 3.95. The second-order valence-electron chi connectivity index (χ2n) is 7.07. The third kappa shape index (κ3) is 3.87. The first-order chi connectivity index (χ1) is 12.7. The van der Waals surface area contributed by atoms with Crippen molar-refractivity contribution in [1.82, 2.24) is 19.7 Å². The Morgan fingerprint density at radius 2 is 2.19 bits per heavy atom. The highest BCUT2D eigenvalue weighted by Gasteiger charge is 2.34. The van der Waals surface area contributed by atoms with E-state index in [1.165, 1.54) is 24.6 Å². The molecule has 138 valence electrons. The molecule has 2 aromatic heterocycles. The van der Waals surface area contributed by atoms with E-state index in [2.05, 4.69) is 21.3 Å². The van der Waals surface area contributed by atoms with Gasteiger partial charge in [-0.1, -0.05) is 17.8 Å². The molecule has 2 fully saturated rings. The average Bonchev–Trinajstić information content (AvgIpc) is 3.55. The fourth-order valence-electron chi connectivity index (χ4n) is 3.11. The second-order valence-corrected chi connectivity index (χ2v) is 8.01. The van der Waals surface area contributed by atoms with Gasteiger partial charge in [0.15, 0.2) is 5.16 Å². The van der Waals surface area contributed by atoms with Gasteiger partial charge in [-0.3, -0.25) is 4.79 Å². The number of thioether (sulfide) groups is 1. The summed E-state index contributed by atoms with van der Waals surface area (Å²) in [5.74, 6) is 3.78. The average molecular weight is 372 g/mol. The Labute approximate surface area is 157 Å². The summed E-state index contributed by atoms with van der Waals surface area (Å²) in [5.41, 5.74) is 0. The predicted octanol–water partition coefficient (Wildman–Crippen LogP) is 3.53. The van der Waals surface area contributed by atoms with Crippen LogP contribution in [-0.2, 0) is 17.9 Å². The smallest absolute Gasteiger partial charge is 0.233 e. The number of nitrogens with zero attached hydrogens (tertiary/aromatic N) is 4. The van der Waals surface area contributed by atoms with Crippen LogP contribution >= 0.6 is 11.8 Å². The molecule has 0 radical (unpaired) electrons. The van der Waals surface area contributed by atoms with Gasteiger partial charge in [0.05, 0.1) is 12.3 Å². The zero-order valence-corrected chi connectivity index (χ0v) is 15.9. The van der Waals surface area contributed by atoms with Crippen LogP contribution in [0.2, 0.25) is 0 Å². The number of hydrogen-bond acceptors (Lipinski definition) is 5. The molecular weight excluding hydrogens is 348 g/mol. The fraction of sp³-hybridized carbons (Fsp3) is 0.526. The van der Waals surface area contributed by atoms with Gasteiger partial charge in [-0.15, -0.1) is 16.8 Å². The molecule has 0 saturated heterocycles. The Morgan fingerprint density at radius 1 is 1.38 bits per heavy atom. The second kappa shape index (κ2) is 7.31. The molecule has 2 aromatic rings. The molecule has 2 aliphatic rings. The summed E-state index contributed by atoms with van der Waals surface area (Å²) >= 11 is 1.47. The van der Waals surface area contributed by atoms with Crippen LogP contribution in [0.3, 0.4) is 0 Å². The van der Waals surface area contributed by atoms with Gasteiger partial charge in [0.2, 0.25) is 5.91 Å². The molecule has 0 unspecified atom stereocenters. The summed E-state index contributed by atoms with van der Waals surface area (Å²) < 4.78 is 7.75. The van der Waals surface area contributed by atoms with Crippen molar-refractivity contribution in [1.29, 1.82) is 0 Å². The van der Waals surface area contributed by atoms with E-state index in [0.29, 0.717) is 30.8 Å². The van der Waals surface area contributed by atoms with Crippen molar-refractivity contribution >= 4 is 17.7 Å². The Kier molecular flexibility index (Phi) is 4.89. The number of aromatic nitrogens is 3. The van der Waals surface area contributed by atoms with Crippen molar-refractivity contribution in [2.45, 2.75) is 62.8 Å². The number of allylic oxidation sites excluding steroid dienone is 1. The number of carbonyl (C=O) groups is 1. The molecule has 1 amide bonds. The molecule has 6 nitrogen and oxygen atoms in total. The highest BCUT2D eigenvalue weighted by atomic mass is 32.2. The van der Waals surface area contributed by atoms with E-state index in [0.717, 1.165) is 35.3 Å². The first kappa shape index (κ1) is 17.4. The van der Waals surface area contributed by atoms with Crippen molar-refractivity contribution in [2.75, 3.05) is 5.75 Å². The lowest BCUT2D eigenvalue weighted by molar-refractivity contribution is -0.129. The summed E-state index contributed by atoms with van der Waals surface area (Å²) in [6.45, 7) is 6.99. The number of rotatable bonds is 9. The van der Waals surface area contributed by atoms with E-state index in [-0.39, 0.29) is 5.91 Å². The molecule has 7 heteroatoms. The van der Waals surface area contributed by atoms with Gasteiger partial charge >= 0.3 is 0 Å². The highest BCUT2D eigenvalue weighted by molar-refractivity contribution is 7.99. The van der Waals surface area contributed by atoms with E-state index in [1.807, 2.05) is 30.0 Å². The third-order valence-electron chi connectivity index (χ3n) is 4.75. The summed E-state index contributed by atoms with van der Waals surface area (Å²) in [4.78, 5) is 14.8. The zero-order valence-electron chi connectivity index (χ0n) is 15.1. The maximum atomic E-state index is 12.8. The van der Waals surface area contributed by atoms with Gasteiger partial charge in [0.1, 0.15) is 17.3 Å². The number of amides is 1. The lowest BCUT2D eigenvalue weighted by Crippen LogP contribution is -2.33. The standard InChI is InChI=1S/C19H24N4O2S/c1-3-10-22-18(14-5-6-14)20-21-19(22)26-12-17(24)23(15-7-8-15)11-16-9-4-13(2)25-16/h3-4,9,14-15H,1,5-8,10-12H2,2H3. The Bertz CT molecular complexity index is 804. The molecular formula is C19H24N4O2S. The number of furan rings is 1. The quantitative estimate of drug-likeness (QED) is 0.498. The van der Waals surface area contributed by atoms with E-state index in [1.54, 1.807) is 0 Å². The molecule has 0 aromatic carbocycles. The first-order valence-electron chi connectivity index (χ1n) is 9.17. The van der Waals surface area contributed by atoms with Crippen LogP contribution in [0, 0.1) is 6.92 Å². The van der Waals surface area contributed by atoms with Crippen molar-refractivity contribution in [3.05, 3.63) is 42.1 Å². The molecule has 0 N–H and O–H groups in total. The SMILES string of the molecule is C=CCn1c(SCC(=O)N(Cc2ccc(C)o2)C2CC2)nnc1C1CC1. The summed E-state index contributed by atoms with van der Waals surface area (Å²) in [5, 5.41) is 9.47. The first-order valence-corrected chi connectivity index (χ1v) is 10.2. The van der Waals surface area contributed by atoms with E-state index in [4.69, 9.17) is 4.42 Å². The molecule has 0 bridgehead atoms. The minimum atomic E-state index is 0.132. The van der Waals surface area contributed by atoms with E-state index in [9.17, 15) is 4.79 Å². The number of carbonyl (C=O) groups excluding carboxylic acids is 1. The number of hydrogen-bond donors (Lipinski definition) is 0. The van der Waals surface area contributed by atoms with Crippen LogP contribution in [0.15, 0.2) is 34.4 Å². The van der Waals surface area contributed by atoms with Crippen LogP contribution < -0.4 is 0 Å². The summed E-state index contributed by atoms with van der Waals surface area (Å²) in [6, 6.07) is 4.24. The zero-order chi connectivity index (χ0) is 18.1. The molecule has 0 aliphatic heterocycles. The molecule has 0 atom stereocenters. The Balaban J connectivity index is 1.41. The maximum Gasteiger partial charge on any atom is 0.233 e. The monoisotopic (exact) mass is 372 g/mol. The molecule has 2 heterocycles. The van der Waals surface area contributed by atoms with Gasteiger partial charge in [0, 0.05) is 18.5 Å². The van der Waals surface area contributed by atoms with Crippen LogP contribution in [0.5, 0.6) is 0 Å². The van der Waals surface area contributed by atoms with Crippen LogP contribution in [0.1, 0.15) is 48.9 Å². The normalized spacial score (nSPS) is 16.7. The maximum absolute atomic E-state index is 12.8. The van der Waals surface area contributed by atoms with Crippen molar-refractivity contribution in [2.24, 2.45) is 0 Å². The van der Waals surface area contributed by atoms with Crippen molar-refractivity contribution in [3.63, 3.8) is 0 Å². The molecule has 4 rings (SSSR count). The lowest BCUT2D eigenvalue weighted by atomic mass is 10.3. The van der Waals surface area contributed by atoms with Crippen LogP contribution in [0.4, 0.5) is 0 Å². The minimum Gasteiger partial charge on any atom is -0.464 e. The van der Waals surface area contributed by atoms with Crippen LogP contribution in [0.25, 0.3) is 0 Å². The van der Waals surface area contributed by atoms with Gasteiger partial charge in [-0.2, -0.15) is 0 Å². The van der Waals surface area contributed by atoms with Crippen LogP contribution in [-0.4, -0.2) is 37.4 Å². The largest absolute Gasteiger partial charge is 0.464 e. The van der Waals surface area contributed by atoms with E-state index >= 15 is 0 Å². The molecule has 2 aliphatic carbocycles. The van der Waals surface area contributed by atoms with Gasteiger partial charge < -0.3 is 13.9 Å². The van der Waals surface area contributed by atoms with Crippen molar-refractivity contribution in [3.8, 4) is 0 Å². The number of aryl methyl sites for hydroxylation is 1.